The lowest BCUT2D eigenvalue weighted by molar-refractivity contribution is 0.159. The van der Waals surface area contributed by atoms with E-state index in [9.17, 15) is 5.11 Å². The maximum atomic E-state index is 10.1. The molecule has 0 aliphatic heterocycles. The van der Waals surface area contributed by atoms with Crippen molar-refractivity contribution in [2.45, 2.75) is 32.4 Å². The Morgan fingerprint density at radius 2 is 2.16 bits per heavy atom. The number of rotatable bonds is 4. The first-order valence-corrected chi connectivity index (χ1v) is 6.22. The van der Waals surface area contributed by atoms with Crippen LogP contribution in [0.4, 0.5) is 0 Å². The molecule has 0 aromatic carbocycles. The summed E-state index contributed by atoms with van der Waals surface area (Å²) in [5.41, 5.74) is 0.578. The van der Waals surface area contributed by atoms with Crippen LogP contribution in [0.15, 0.2) is 30.6 Å². The molecule has 0 saturated carbocycles. The molecule has 0 aliphatic carbocycles. The average molecular weight is 261 g/mol. The van der Waals surface area contributed by atoms with E-state index >= 15 is 0 Å². The molecule has 2 rings (SSSR count). The molecule has 6 heteroatoms. The highest BCUT2D eigenvalue weighted by Gasteiger charge is 2.15. The number of β-amino-alcohol motifs (C(OH)–C–C–N with tert-alkyl or cyclic N) is 1. The van der Waals surface area contributed by atoms with Crippen molar-refractivity contribution in [1.29, 1.82) is 0 Å². The third kappa shape index (κ3) is 3.84. The Hall–Kier alpha value is -1.79. The molecule has 2 heterocycles. The largest absolute Gasteiger partial charge is 0.385 e. The van der Waals surface area contributed by atoms with Crippen LogP contribution in [0.5, 0.6) is 0 Å². The van der Waals surface area contributed by atoms with Crippen LogP contribution < -0.4 is 5.32 Å². The number of nitrogens with zero attached hydrogens (tertiary/aromatic N) is 4. The predicted octanol–water partition coefficient (Wildman–Crippen LogP) is 1.08. The van der Waals surface area contributed by atoms with Crippen LogP contribution in [0.3, 0.4) is 0 Å². The standard InChI is InChI=1S/C13H19N5O/c1-13(2,3)14-9-11(19)10-5-4-6-12(16-10)18-8-7-15-17-18/h4-8,11,14,19H,9H2,1-3H3/t11-/m0/s1. The second-order valence-electron chi connectivity index (χ2n) is 5.41. The summed E-state index contributed by atoms with van der Waals surface area (Å²) in [6.45, 7) is 6.62. The Balaban J connectivity index is 2.10. The Bertz CT molecular complexity index is 518. The SMILES string of the molecule is CC(C)(C)NC[C@H](O)c1cccc(-n2ccnn2)n1. The number of aromatic nitrogens is 4. The van der Waals surface area contributed by atoms with Crippen molar-refractivity contribution in [2.75, 3.05) is 6.54 Å². The van der Waals surface area contributed by atoms with E-state index in [1.54, 1.807) is 23.1 Å². The normalized spacial score (nSPS) is 13.5. The van der Waals surface area contributed by atoms with E-state index in [4.69, 9.17) is 0 Å². The first kappa shape index (κ1) is 13.6. The van der Waals surface area contributed by atoms with Crippen LogP contribution >= 0.6 is 0 Å². The zero-order valence-corrected chi connectivity index (χ0v) is 11.4. The molecular formula is C13H19N5O. The van der Waals surface area contributed by atoms with E-state index in [0.29, 0.717) is 18.1 Å². The van der Waals surface area contributed by atoms with Crippen LogP contribution in [0, 0.1) is 0 Å². The van der Waals surface area contributed by atoms with Gasteiger partial charge in [-0.1, -0.05) is 11.3 Å². The molecule has 6 nitrogen and oxygen atoms in total. The van der Waals surface area contributed by atoms with Crippen LogP contribution in [-0.2, 0) is 0 Å². The summed E-state index contributed by atoms with van der Waals surface area (Å²) in [6.07, 6.45) is 2.65. The first-order valence-electron chi connectivity index (χ1n) is 6.22. The molecule has 0 fully saturated rings. The fraction of sp³-hybridized carbons (Fsp3) is 0.462. The van der Waals surface area contributed by atoms with Crippen molar-refractivity contribution in [2.24, 2.45) is 0 Å². The Morgan fingerprint density at radius 3 is 2.79 bits per heavy atom. The topological polar surface area (TPSA) is 75.9 Å². The maximum absolute atomic E-state index is 10.1. The smallest absolute Gasteiger partial charge is 0.155 e. The minimum Gasteiger partial charge on any atom is -0.385 e. The van der Waals surface area contributed by atoms with Crippen molar-refractivity contribution < 1.29 is 5.11 Å². The lowest BCUT2D eigenvalue weighted by Crippen LogP contribution is -2.38. The van der Waals surface area contributed by atoms with Crippen molar-refractivity contribution >= 4 is 0 Å². The molecule has 0 amide bonds. The highest BCUT2D eigenvalue weighted by molar-refractivity contribution is 5.24. The van der Waals surface area contributed by atoms with Gasteiger partial charge in [0.1, 0.15) is 6.10 Å². The first-order chi connectivity index (χ1) is 8.96. The quantitative estimate of drug-likeness (QED) is 0.861. The van der Waals surface area contributed by atoms with Gasteiger partial charge >= 0.3 is 0 Å². The summed E-state index contributed by atoms with van der Waals surface area (Å²) in [6, 6.07) is 5.47. The second kappa shape index (κ2) is 5.46. The minimum absolute atomic E-state index is 0.0372. The molecule has 2 N–H and O–H groups in total. The monoisotopic (exact) mass is 261 g/mol. The van der Waals surface area contributed by atoms with Gasteiger partial charge in [-0.15, -0.1) is 5.10 Å². The molecule has 102 valence electrons. The fourth-order valence-corrected chi connectivity index (χ4v) is 1.59. The van der Waals surface area contributed by atoms with Crippen LogP contribution in [0.25, 0.3) is 5.82 Å². The minimum atomic E-state index is -0.650. The van der Waals surface area contributed by atoms with E-state index in [1.165, 1.54) is 0 Å². The number of aliphatic hydroxyl groups excluding tert-OH is 1. The van der Waals surface area contributed by atoms with Gasteiger partial charge in [-0.3, -0.25) is 0 Å². The van der Waals surface area contributed by atoms with Gasteiger partial charge in [0.2, 0.25) is 0 Å². The lowest BCUT2D eigenvalue weighted by atomic mass is 10.1. The van der Waals surface area contributed by atoms with E-state index in [-0.39, 0.29) is 5.54 Å². The van der Waals surface area contributed by atoms with Crippen LogP contribution in [0.2, 0.25) is 0 Å². The van der Waals surface area contributed by atoms with Crippen molar-refractivity contribution in [3.63, 3.8) is 0 Å². The zero-order valence-electron chi connectivity index (χ0n) is 11.4. The van der Waals surface area contributed by atoms with E-state index in [1.807, 2.05) is 12.1 Å². The van der Waals surface area contributed by atoms with Gasteiger partial charge in [-0.25, -0.2) is 9.67 Å². The van der Waals surface area contributed by atoms with Gasteiger partial charge in [-0.05, 0) is 32.9 Å². The third-order valence-corrected chi connectivity index (χ3v) is 2.58. The zero-order chi connectivity index (χ0) is 13.9. The van der Waals surface area contributed by atoms with E-state index < -0.39 is 6.10 Å². The average Bonchev–Trinajstić information content (AvgIpc) is 2.89. The van der Waals surface area contributed by atoms with Gasteiger partial charge < -0.3 is 10.4 Å². The predicted molar refractivity (Wildman–Crippen MR) is 71.9 cm³/mol. The Morgan fingerprint density at radius 1 is 1.37 bits per heavy atom. The van der Waals surface area contributed by atoms with Crippen LogP contribution in [-0.4, -0.2) is 37.2 Å². The molecule has 2 aromatic rings. The van der Waals surface area contributed by atoms with Gasteiger partial charge in [0.25, 0.3) is 0 Å². The van der Waals surface area contributed by atoms with E-state index in [2.05, 4.69) is 41.4 Å². The molecule has 0 aliphatic rings. The van der Waals surface area contributed by atoms with Crippen molar-refractivity contribution in [3.05, 3.63) is 36.3 Å². The molecule has 19 heavy (non-hydrogen) atoms. The third-order valence-electron chi connectivity index (χ3n) is 2.58. The summed E-state index contributed by atoms with van der Waals surface area (Å²) in [7, 11) is 0. The Labute approximate surface area is 112 Å². The van der Waals surface area contributed by atoms with Gasteiger partial charge in [0.05, 0.1) is 18.1 Å². The molecule has 0 saturated heterocycles. The highest BCUT2D eigenvalue weighted by atomic mass is 16.3. The molecule has 0 bridgehead atoms. The number of nitrogens with one attached hydrogen (secondary N) is 1. The molecule has 2 aromatic heterocycles. The highest BCUT2D eigenvalue weighted by Crippen LogP contribution is 2.12. The van der Waals surface area contributed by atoms with Crippen LogP contribution in [0.1, 0.15) is 32.6 Å². The Kier molecular flexibility index (Phi) is 3.92. The van der Waals surface area contributed by atoms with E-state index in [0.717, 1.165) is 0 Å². The van der Waals surface area contributed by atoms with Crippen molar-refractivity contribution in [3.8, 4) is 5.82 Å². The number of hydrogen-bond acceptors (Lipinski definition) is 5. The molecule has 0 spiro atoms. The fourth-order valence-electron chi connectivity index (χ4n) is 1.59. The summed E-state index contributed by atoms with van der Waals surface area (Å²) in [5.74, 6) is 0.643. The summed E-state index contributed by atoms with van der Waals surface area (Å²) >= 11 is 0. The number of aliphatic hydroxyl groups is 1. The van der Waals surface area contributed by atoms with Gasteiger partial charge in [0.15, 0.2) is 5.82 Å². The summed E-state index contributed by atoms with van der Waals surface area (Å²) in [5, 5.41) is 21.0. The summed E-state index contributed by atoms with van der Waals surface area (Å²) < 4.78 is 1.56. The molecule has 1 atom stereocenters. The van der Waals surface area contributed by atoms with Gasteiger partial charge in [-0.2, -0.15) is 0 Å². The number of hydrogen-bond donors (Lipinski definition) is 2. The maximum Gasteiger partial charge on any atom is 0.155 e. The summed E-state index contributed by atoms with van der Waals surface area (Å²) in [4.78, 5) is 4.39. The molecule has 0 radical (unpaired) electrons. The molecular weight excluding hydrogens is 242 g/mol. The number of pyridine rings is 1. The van der Waals surface area contributed by atoms with Gasteiger partial charge in [0, 0.05) is 12.1 Å². The molecule has 0 unspecified atom stereocenters. The second-order valence-corrected chi connectivity index (χ2v) is 5.41. The lowest BCUT2D eigenvalue weighted by Gasteiger charge is -2.22. The van der Waals surface area contributed by atoms with Crippen molar-refractivity contribution in [1.82, 2.24) is 25.3 Å².